The van der Waals surface area contributed by atoms with Gasteiger partial charge in [0.05, 0.1) is 25.6 Å². The predicted octanol–water partition coefficient (Wildman–Crippen LogP) is 3.73. The van der Waals surface area contributed by atoms with Gasteiger partial charge in [-0.3, -0.25) is 9.10 Å². The predicted molar refractivity (Wildman–Crippen MR) is 118 cm³/mol. The minimum atomic E-state index is -3.59. The van der Waals surface area contributed by atoms with Crippen molar-refractivity contribution >= 4 is 21.6 Å². The van der Waals surface area contributed by atoms with Crippen molar-refractivity contribution in [3.63, 3.8) is 0 Å². The van der Waals surface area contributed by atoms with Crippen LogP contribution in [0.5, 0.6) is 5.75 Å². The van der Waals surface area contributed by atoms with Gasteiger partial charge < -0.3 is 10.1 Å². The van der Waals surface area contributed by atoms with Crippen LogP contribution in [0.15, 0.2) is 72.8 Å². The Bertz CT molecular complexity index is 1150. The SMILES string of the molecule is COc1ccccc1CNC(=O)c1ccc(N(Cc2ccc(F)cc2)S(C)(=O)=O)cc1. The maximum Gasteiger partial charge on any atom is 0.251 e. The quantitative estimate of drug-likeness (QED) is 0.577. The molecule has 1 amide bonds. The molecule has 0 heterocycles. The monoisotopic (exact) mass is 442 g/mol. The molecule has 8 heteroatoms. The van der Waals surface area contributed by atoms with Gasteiger partial charge in [0, 0.05) is 17.7 Å². The van der Waals surface area contributed by atoms with Crippen LogP contribution in [0.2, 0.25) is 0 Å². The highest BCUT2D eigenvalue weighted by Gasteiger charge is 2.18. The number of para-hydroxylation sites is 1. The Morgan fingerprint density at radius 2 is 1.65 bits per heavy atom. The molecule has 0 aliphatic rings. The van der Waals surface area contributed by atoms with Gasteiger partial charge in [-0.1, -0.05) is 30.3 Å². The minimum Gasteiger partial charge on any atom is -0.496 e. The molecular weight excluding hydrogens is 419 g/mol. The zero-order valence-corrected chi connectivity index (χ0v) is 18.0. The second-order valence-electron chi connectivity index (χ2n) is 6.94. The maximum absolute atomic E-state index is 13.1. The van der Waals surface area contributed by atoms with Crippen LogP contribution in [0, 0.1) is 5.82 Å². The molecule has 6 nitrogen and oxygen atoms in total. The van der Waals surface area contributed by atoms with Crippen LogP contribution < -0.4 is 14.4 Å². The molecule has 0 spiro atoms. The second-order valence-corrected chi connectivity index (χ2v) is 8.84. The summed E-state index contributed by atoms with van der Waals surface area (Å²) in [6.45, 7) is 0.350. The normalized spacial score (nSPS) is 11.1. The van der Waals surface area contributed by atoms with E-state index in [1.54, 1.807) is 31.4 Å². The van der Waals surface area contributed by atoms with E-state index in [0.29, 0.717) is 29.1 Å². The average Bonchev–Trinajstić information content (AvgIpc) is 2.76. The van der Waals surface area contributed by atoms with Crippen molar-refractivity contribution in [1.82, 2.24) is 5.32 Å². The fourth-order valence-corrected chi connectivity index (χ4v) is 3.95. The standard InChI is InChI=1S/C23H23FN2O4S/c1-30-22-6-4-3-5-19(22)15-25-23(27)18-9-13-21(14-10-18)26(31(2,28)29)16-17-7-11-20(24)12-8-17/h3-14H,15-16H2,1-2H3,(H,25,27). The van der Waals surface area contributed by atoms with Gasteiger partial charge in [-0.2, -0.15) is 0 Å². The lowest BCUT2D eigenvalue weighted by atomic mass is 10.1. The van der Waals surface area contributed by atoms with Crippen molar-refractivity contribution in [2.45, 2.75) is 13.1 Å². The lowest BCUT2D eigenvalue weighted by molar-refractivity contribution is 0.0950. The molecule has 3 aromatic carbocycles. The molecule has 0 aromatic heterocycles. The zero-order valence-electron chi connectivity index (χ0n) is 17.2. The molecule has 0 saturated heterocycles. The van der Waals surface area contributed by atoms with E-state index in [9.17, 15) is 17.6 Å². The van der Waals surface area contributed by atoms with E-state index in [-0.39, 0.29) is 12.5 Å². The number of amides is 1. The number of nitrogens with zero attached hydrogens (tertiary/aromatic N) is 1. The van der Waals surface area contributed by atoms with Crippen molar-refractivity contribution in [1.29, 1.82) is 0 Å². The van der Waals surface area contributed by atoms with E-state index < -0.39 is 15.8 Å². The molecule has 31 heavy (non-hydrogen) atoms. The smallest absolute Gasteiger partial charge is 0.251 e. The van der Waals surface area contributed by atoms with E-state index in [1.165, 1.54) is 28.6 Å². The van der Waals surface area contributed by atoms with Crippen molar-refractivity contribution in [3.05, 3.63) is 95.3 Å². The van der Waals surface area contributed by atoms with E-state index in [2.05, 4.69) is 5.32 Å². The molecule has 0 fully saturated rings. The summed E-state index contributed by atoms with van der Waals surface area (Å²) in [6.07, 6.45) is 1.10. The Kier molecular flexibility index (Phi) is 6.91. The third-order valence-corrected chi connectivity index (χ3v) is 5.83. The summed E-state index contributed by atoms with van der Waals surface area (Å²) in [5.41, 5.74) is 2.30. The molecule has 162 valence electrons. The van der Waals surface area contributed by atoms with Crippen molar-refractivity contribution < 1.29 is 22.3 Å². The highest BCUT2D eigenvalue weighted by Crippen LogP contribution is 2.22. The number of hydrogen-bond acceptors (Lipinski definition) is 4. The number of nitrogens with one attached hydrogen (secondary N) is 1. The highest BCUT2D eigenvalue weighted by molar-refractivity contribution is 7.92. The fourth-order valence-electron chi connectivity index (χ4n) is 3.06. The van der Waals surface area contributed by atoms with Gasteiger partial charge in [0.2, 0.25) is 10.0 Å². The van der Waals surface area contributed by atoms with Gasteiger partial charge in [-0.25, -0.2) is 12.8 Å². The summed E-state index contributed by atoms with van der Waals surface area (Å²) < 4.78 is 44.2. The van der Waals surface area contributed by atoms with Crippen LogP contribution in [0.4, 0.5) is 10.1 Å². The van der Waals surface area contributed by atoms with Crippen LogP contribution in [-0.4, -0.2) is 27.7 Å². The number of benzene rings is 3. The third kappa shape index (κ3) is 5.82. The number of carbonyl (C=O) groups excluding carboxylic acids is 1. The summed E-state index contributed by atoms with van der Waals surface area (Å²) in [4.78, 5) is 12.5. The third-order valence-electron chi connectivity index (χ3n) is 4.69. The lowest BCUT2D eigenvalue weighted by Gasteiger charge is -2.22. The summed E-state index contributed by atoms with van der Waals surface area (Å²) in [7, 11) is -2.02. The van der Waals surface area contributed by atoms with Gasteiger partial charge in [0.25, 0.3) is 5.91 Å². The first-order valence-corrected chi connectivity index (χ1v) is 11.3. The van der Waals surface area contributed by atoms with E-state index in [1.807, 2.05) is 24.3 Å². The Morgan fingerprint density at radius 1 is 1.00 bits per heavy atom. The molecular formula is C23H23FN2O4S. The zero-order chi connectivity index (χ0) is 22.4. The minimum absolute atomic E-state index is 0.0540. The molecule has 3 rings (SSSR count). The molecule has 0 saturated carbocycles. The number of halogens is 1. The van der Waals surface area contributed by atoms with Crippen LogP contribution in [0.3, 0.4) is 0 Å². The van der Waals surface area contributed by atoms with Crippen molar-refractivity contribution in [2.24, 2.45) is 0 Å². The summed E-state index contributed by atoms with van der Waals surface area (Å²) in [5.74, 6) is 0.00257. The van der Waals surface area contributed by atoms with Gasteiger partial charge in [-0.15, -0.1) is 0 Å². The van der Waals surface area contributed by atoms with Crippen LogP contribution in [0.1, 0.15) is 21.5 Å². The first-order chi connectivity index (χ1) is 14.8. The number of rotatable bonds is 8. The molecule has 0 aliphatic heterocycles. The Morgan fingerprint density at radius 3 is 2.26 bits per heavy atom. The number of sulfonamides is 1. The Labute approximate surface area is 181 Å². The highest BCUT2D eigenvalue weighted by atomic mass is 32.2. The van der Waals surface area contributed by atoms with Crippen LogP contribution in [-0.2, 0) is 23.1 Å². The topological polar surface area (TPSA) is 75.7 Å². The number of methoxy groups -OCH3 is 1. The van der Waals surface area contributed by atoms with Crippen molar-refractivity contribution in [2.75, 3.05) is 17.7 Å². The number of anilines is 1. The molecule has 0 atom stereocenters. The first kappa shape index (κ1) is 22.3. The molecule has 1 N–H and O–H groups in total. The van der Waals surface area contributed by atoms with E-state index in [0.717, 1.165) is 11.8 Å². The van der Waals surface area contributed by atoms with E-state index >= 15 is 0 Å². The number of carbonyl (C=O) groups is 1. The Hall–Kier alpha value is -3.39. The molecule has 0 bridgehead atoms. The van der Waals surface area contributed by atoms with Crippen LogP contribution in [0.25, 0.3) is 0 Å². The largest absolute Gasteiger partial charge is 0.496 e. The maximum atomic E-state index is 13.1. The van der Waals surface area contributed by atoms with Gasteiger partial charge in [-0.05, 0) is 48.0 Å². The van der Waals surface area contributed by atoms with Crippen LogP contribution >= 0.6 is 0 Å². The lowest BCUT2D eigenvalue weighted by Crippen LogP contribution is -2.29. The van der Waals surface area contributed by atoms with E-state index in [4.69, 9.17) is 4.74 Å². The molecule has 0 aliphatic carbocycles. The average molecular weight is 443 g/mol. The fraction of sp³-hybridized carbons (Fsp3) is 0.174. The Balaban J connectivity index is 1.73. The molecule has 0 radical (unpaired) electrons. The number of ether oxygens (including phenoxy) is 1. The summed E-state index contributed by atoms with van der Waals surface area (Å²) >= 11 is 0. The van der Waals surface area contributed by atoms with Gasteiger partial charge >= 0.3 is 0 Å². The summed E-state index contributed by atoms with van der Waals surface area (Å²) in [5, 5.41) is 2.83. The van der Waals surface area contributed by atoms with Gasteiger partial charge in [0.15, 0.2) is 0 Å². The number of hydrogen-bond donors (Lipinski definition) is 1. The van der Waals surface area contributed by atoms with Crippen molar-refractivity contribution in [3.8, 4) is 5.75 Å². The molecule has 3 aromatic rings. The molecule has 0 unspecified atom stereocenters. The first-order valence-electron chi connectivity index (χ1n) is 9.50. The summed E-state index contributed by atoms with van der Waals surface area (Å²) in [6, 6.07) is 19.3. The van der Waals surface area contributed by atoms with Gasteiger partial charge in [0.1, 0.15) is 11.6 Å². The second kappa shape index (κ2) is 9.61.